The molecular formula is C31H23F9O. The predicted molar refractivity (Wildman–Crippen MR) is 136 cm³/mol. The van der Waals surface area contributed by atoms with Gasteiger partial charge in [-0.05, 0) is 71.0 Å². The summed E-state index contributed by atoms with van der Waals surface area (Å²) in [7, 11) is 0. The smallest absolute Gasteiger partial charge is 0.419 e. The lowest BCUT2D eigenvalue weighted by molar-refractivity contribution is -0.181. The van der Waals surface area contributed by atoms with Crippen LogP contribution >= 0.6 is 0 Å². The quantitative estimate of drug-likeness (QED) is 0.179. The van der Waals surface area contributed by atoms with Gasteiger partial charge in [-0.15, -0.1) is 0 Å². The molecule has 0 saturated heterocycles. The van der Waals surface area contributed by atoms with E-state index in [1.165, 1.54) is 12.1 Å². The van der Waals surface area contributed by atoms with Crippen LogP contribution in [0.15, 0.2) is 72.8 Å². The maximum Gasteiger partial charge on any atom is 0.419 e. The average molecular weight is 583 g/mol. The van der Waals surface area contributed by atoms with Crippen LogP contribution in [-0.2, 0) is 19.0 Å². The highest BCUT2D eigenvalue weighted by molar-refractivity contribution is 5.66. The Kier molecular flexibility index (Phi) is 8.70. The monoisotopic (exact) mass is 582 g/mol. The molecule has 0 heterocycles. The zero-order chi connectivity index (χ0) is 29.9. The molecule has 0 N–H and O–H groups in total. The van der Waals surface area contributed by atoms with Crippen molar-refractivity contribution in [3.8, 4) is 28.0 Å². The van der Waals surface area contributed by atoms with Gasteiger partial charge >= 0.3 is 12.3 Å². The largest absolute Gasteiger partial charge is 0.429 e. The molecule has 0 aliphatic rings. The van der Waals surface area contributed by atoms with Gasteiger partial charge in [-0.25, -0.2) is 13.2 Å². The highest BCUT2D eigenvalue weighted by Crippen LogP contribution is 2.37. The summed E-state index contributed by atoms with van der Waals surface area (Å²) >= 11 is 0. The van der Waals surface area contributed by atoms with Crippen molar-refractivity contribution < 1.29 is 44.3 Å². The van der Waals surface area contributed by atoms with Crippen LogP contribution in [0.4, 0.5) is 39.5 Å². The Morgan fingerprint density at radius 1 is 0.634 bits per heavy atom. The molecule has 0 amide bonds. The van der Waals surface area contributed by atoms with Crippen LogP contribution < -0.4 is 4.74 Å². The Labute approximate surface area is 230 Å². The standard InChI is InChI=1S/C31H23F9O/c1-2-3-18-4-6-19(7-5-18)21-9-8-20(25(32)16-21)14-15-30(36,37)41-27-13-11-23(28(34)29(27)35)22-10-12-24(26(33)17-22)31(38,39)40/h4-13,16-17H,2-3,14-15H2,1H3. The fraction of sp³-hybridized carbons (Fsp3) is 0.226. The van der Waals surface area contributed by atoms with Gasteiger partial charge in [0.05, 0.1) is 12.0 Å². The second-order valence-corrected chi connectivity index (χ2v) is 9.42. The Morgan fingerprint density at radius 3 is 1.88 bits per heavy atom. The second-order valence-electron chi connectivity index (χ2n) is 9.42. The SMILES string of the molecule is CCCc1ccc(-c2ccc(CCC(F)(F)Oc3ccc(-c4ccc(C(F)(F)F)c(F)c4)c(F)c3F)c(F)c2)cc1. The summed E-state index contributed by atoms with van der Waals surface area (Å²) in [5.41, 5.74) is -0.296. The number of alkyl halides is 5. The van der Waals surface area contributed by atoms with Gasteiger partial charge in [-0.1, -0.05) is 55.8 Å². The molecule has 0 aliphatic carbocycles. The molecule has 0 bridgehead atoms. The molecule has 0 fully saturated rings. The Bertz CT molecular complexity index is 1530. The normalized spacial score (nSPS) is 12.0. The molecule has 4 aromatic carbocycles. The summed E-state index contributed by atoms with van der Waals surface area (Å²) in [6.07, 6.45) is -8.70. The first kappa shape index (κ1) is 30.0. The van der Waals surface area contributed by atoms with Crippen molar-refractivity contribution >= 4 is 0 Å². The van der Waals surface area contributed by atoms with Crippen molar-refractivity contribution in [1.82, 2.24) is 0 Å². The van der Waals surface area contributed by atoms with E-state index < -0.39 is 70.8 Å². The van der Waals surface area contributed by atoms with Gasteiger partial charge in [0.15, 0.2) is 11.6 Å². The molecule has 0 saturated carbocycles. The molecule has 0 spiro atoms. The molecule has 0 atom stereocenters. The molecule has 0 aromatic heterocycles. The topological polar surface area (TPSA) is 9.23 Å². The van der Waals surface area contributed by atoms with Crippen LogP contribution in [-0.4, -0.2) is 6.11 Å². The third-order valence-corrected chi connectivity index (χ3v) is 6.46. The molecule has 216 valence electrons. The van der Waals surface area contributed by atoms with E-state index in [4.69, 9.17) is 0 Å². The van der Waals surface area contributed by atoms with E-state index in [1.54, 1.807) is 6.07 Å². The maximum absolute atomic E-state index is 14.7. The number of hydrogen-bond donors (Lipinski definition) is 0. The van der Waals surface area contributed by atoms with Gasteiger partial charge in [-0.3, -0.25) is 0 Å². The van der Waals surface area contributed by atoms with E-state index in [1.807, 2.05) is 24.3 Å². The molecule has 10 heteroatoms. The van der Waals surface area contributed by atoms with Gasteiger partial charge in [0.25, 0.3) is 0 Å². The summed E-state index contributed by atoms with van der Waals surface area (Å²) in [5.74, 6) is -7.18. The fourth-order valence-electron chi connectivity index (χ4n) is 4.32. The molecule has 0 unspecified atom stereocenters. The van der Waals surface area contributed by atoms with E-state index in [0.29, 0.717) is 23.8 Å². The van der Waals surface area contributed by atoms with Crippen LogP contribution in [0.1, 0.15) is 36.5 Å². The Hall–Kier alpha value is -3.95. The second kappa shape index (κ2) is 11.9. The van der Waals surface area contributed by atoms with Crippen molar-refractivity contribution in [2.45, 2.75) is 44.9 Å². The highest BCUT2D eigenvalue weighted by Gasteiger charge is 2.35. The van der Waals surface area contributed by atoms with Crippen molar-refractivity contribution in [3.05, 3.63) is 113 Å². The lowest BCUT2D eigenvalue weighted by Crippen LogP contribution is -2.26. The first-order valence-corrected chi connectivity index (χ1v) is 12.6. The Balaban J connectivity index is 1.45. The maximum atomic E-state index is 14.7. The molecule has 4 rings (SSSR count). The van der Waals surface area contributed by atoms with Crippen LogP contribution in [0.25, 0.3) is 22.3 Å². The Morgan fingerprint density at radius 2 is 1.27 bits per heavy atom. The van der Waals surface area contributed by atoms with Crippen molar-refractivity contribution in [2.24, 2.45) is 0 Å². The third kappa shape index (κ3) is 7.04. The summed E-state index contributed by atoms with van der Waals surface area (Å²) in [6.45, 7) is 2.05. The minimum absolute atomic E-state index is 0.0361. The zero-order valence-corrected chi connectivity index (χ0v) is 21.6. The molecular weight excluding hydrogens is 559 g/mol. The lowest BCUT2D eigenvalue weighted by atomic mass is 9.99. The van der Waals surface area contributed by atoms with Crippen LogP contribution in [0.2, 0.25) is 0 Å². The number of aryl methyl sites for hydroxylation is 2. The van der Waals surface area contributed by atoms with Crippen molar-refractivity contribution in [3.63, 3.8) is 0 Å². The van der Waals surface area contributed by atoms with E-state index in [0.717, 1.165) is 36.1 Å². The van der Waals surface area contributed by atoms with E-state index in [9.17, 15) is 39.5 Å². The van der Waals surface area contributed by atoms with Gasteiger partial charge in [0.2, 0.25) is 5.82 Å². The van der Waals surface area contributed by atoms with Gasteiger partial charge in [0.1, 0.15) is 11.6 Å². The van der Waals surface area contributed by atoms with E-state index in [-0.39, 0.29) is 5.56 Å². The molecule has 0 aliphatic heterocycles. The van der Waals surface area contributed by atoms with E-state index in [2.05, 4.69) is 11.7 Å². The molecule has 1 nitrogen and oxygen atoms in total. The van der Waals surface area contributed by atoms with Gasteiger partial charge in [-0.2, -0.15) is 26.3 Å². The first-order valence-electron chi connectivity index (χ1n) is 12.6. The van der Waals surface area contributed by atoms with E-state index >= 15 is 0 Å². The van der Waals surface area contributed by atoms with Crippen molar-refractivity contribution in [1.29, 1.82) is 0 Å². The van der Waals surface area contributed by atoms with Crippen LogP contribution in [0.3, 0.4) is 0 Å². The summed E-state index contributed by atoms with van der Waals surface area (Å²) < 4.78 is 130. The zero-order valence-electron chi connectivity index (χ0n) is 21.6. The predicted octanol–water partition coefficient (Wildman–Crippen LogP) is 10.2. The summed E-state index contributed by atoms with van der Waals surface area (Å²) in [4.78, 5) is 0. The highest BCUT2D eigenvalue weighted by atomic mass is 19.4. The van der Waals surface area contributed by atoms with Gasteiger partial charge in [0, 0.05) is 5.56 Å². The minimum Gasteiger partial charge on any atom is -0.429 e. The third-order valence-electron chi connectivity index (χ3n) is 6.46. The number of halogens is 9. The van der Waals surface area contributed by atoms with Crippen molar-refractivity contribution in [2.75, 3.05) is 0 Å². The summed E-state index contributed by atoms with van der Waals surface area (Å²) in [5, 5.41) is 0. The molecule has 4 aromatic rings. The van der Waals surface area contributed by atoms with Crippen LogP contribution in [0.5, 0.6) is 5.75 Å². The first-order chi connectivity index (χ1) is 19.3. The number of benzene rings is 4. The summed E-state index contributed by atoms with van der Waals surface area (Å²) in [6, 6.07) is 14.6. The van der Waals surface area contributed by atoms with Gasteiger partial charge < -0.3 is 4.74 Å². The fourth-order valence-corrected chi connectivity index (χ4v) is 4.32. The minimum atomic E-state index is -5.00. The average Bonchev–Trinajstić information content (AvgIpc) is 2.90. The number of ether oxygens (including phenoxy) is 1. The number of hydrogen-bond acceptors (Lipinski definition) is 1. The van der Waals surface area contributed by atoms with Crippen LogP contribution in [0, 0.1) is 23.3 Å². The molecule has 41 heavy (non-hydrogen) atoms. The molecule has 0 radical (unpaired) electrons. The lowest BCUT2D eigenvalue weighted by Gasteiger charge is -2.19. The number of rotatable bonds is 9.